The molecule has 0 bridgehead atoms. The highest BCUT2D eigenvalue weighted by Gasteiger charge is 2.03. The fraction of sp³-hybridized carbons (Fsp3) is 0.455. The largest absolute Gasteiger partial charge is 0.495 e. The summed E-state index contributed by atoms with van der Waals surface area (Å²) in [5.41, 5.74) is 1.13. The molecule has 0 spiro atoms. The lowest BCUT2D eigenvalue weighted by atomic mass is 10.1. The van der Waals surface area contributed by atoms with Crippen molar-refractivity contribution in [3.05, 3.63) is 28.8 Å². The monoisotopic (exact) mass is 214 g/mol. The van der Waals surface area contributed by atoms with E-state index in [2.05, 4.69) is 0 Å². The molecule has 14 heavy (non-hydrogen) atoms. The van der Waals surface area contributed by atoms with Gasteiger partial charge in [0.2, 0.25) is 0 Å². The fourth-order valence-corrected chi connectivity index (χ4v) is 1.43. The third-order valence-corrected chi connectivity index (χ3v) is 2.38. The lowest BCUT2D eigenvalue weighted by Gasteiger charge is -2.07. The fourth-order valence-electron chi connectivity index (χ4n) is 1.24. The standard InChI is InChI=1S/C11H15ClO2/c1-8(13)3-4-9-5-6-10(12)11(7-9)14-2/h5-8,13H,3-4H2,1-2H3. The summed E-state index contributed by atoms with van der Waals surface area (Å²) in [6, 6.07) is 5.68. The van der Waals surface area contributed by atoms with E-state index in [0.717, 1.165) is 18.4 Å². The van der Waals surface area contributed by atoms with Crippen LogP contribution in [0.3, 0.4) is 0 Å². The van der Waals surface area contributed by atoms with Gasteiger partial charge in [0.25, 0.3) is 0 Å². The Hall–Kier alpha value is -0.730. The molecule has 0 aliphatic rings. The van der Waals surface area contributed by atoms with E-state index < -0.39 is 0 Å². The van der Waals surface area contributed by atoms with E-state index in [4.69, 9.17) is 21.4 Å². The van der Waals surface area contributed by atoms with Gasteiger partial charge >= 0.3 is 0 Å². The molecule has 0 aromatic heterocycles. The van der Waals surface area contributed by atoms with Gasteiger partial charge in [-0.25, -0.2) is 0 Å². The highest BCUT2D eigenvalue weighted by atomic mass is 35.5. The van der Waals surface area contributed by atoms with Gasteiger partial charge in [-0.3, -0.25) is 0 Å². The molecule has 2 nitrogen and oxygen atoms in total. The zero-order chi connectivity index (χ0) is 10.6. The summed E-state index contributed by atoms with van der Waals surface area (Å²) < 4.78 is 5.10. The molecule has 0 heterocycles. The van der Waals surface area contributed by atoms with Crippen molar-refractivity contribution in [1.29, 1.82) is 0 Å². The van der Waals surface area contributed by atoms with Gasteiger partial charge in [0.05, 0.1) is 18.2 Å². The molecule has 0 fully saturated rings. The number of hydrogen-bond donors (Lipinski definition) is 1. The number of rotatable bonds is 4. The second-order valence-corrected chi connectivity index (χ2v) is 3.76. The SMILES string of the molecule is COc1cc(CCC(C)O)ccc1Cl. The Kier molecular flexibility index (Phi) is 4.23. The van der Waals surface area contributed by atoms with E-state index in [1.807, 2.05) is 18.2 Å². The average molecular weight is 215 g/mol. The van der Waals surface area contributed by atoms with Crippen molar-refractivity contribution in [1.82, 2.24) is 0 Å². The summed E-state index contributed by atoms with van der Waals surface area (Å²) in [5, 5.41) is 9.76. The molecular formula is C11H15ClO2. The molecule has 1 aromatic rings. The number of benzene rings is 1. The van der Waals surface area contributed by atoms with Crippen molar-refractivity contribution >= 4 is 11.6 Å². The van der Waals surface area contributed by atoms with Crippen LogP contribution in [0.2, 0.25) is 5.02 Å². The van der Waals surface area contributed by atoms with Gasteiger partial charge in [0, 0.05) is 0 Å². The number of ether oxygens (including phenoxy) is 1. The van der Waals surface area contributed by atoms with E-state index in [-0.39, 0.29) is 6.10 Å². The lowest BCUT2D eigenvalue weighted by Crippen LogP contribution is -2.01. The van der Waals surface area contributed by atoms with Crippen molar-refractivity contribution < 1.29 is 9.84 Å². The molecule has 0 saturated heterocycles. The summed E-state index contributed by atoms with van der Waals surface area (Å²) in [4.78, 5) is 0. The molecule has 0 saturated carbocycles. The molecule has 1 atom stereocenters. The van der Waals surface area contributed by atoms with E-state index in [1.165, 1.54) is 0 Å². The predicted octanol–water partition coefficient (Wildman–Crippen LogP) is 2.66. The minimum Gasteiger partial charge on any atom is -0.495 e. The van der Waals surface area contributed by atoms with Crippen molar-refractivity contribution in [2.75, 3.05) is 7.11 Å². The number of halogens is 1. The van der Waals surface area contributed by atoms with E-state index in [9.17, 15) is 0 Å². The summed E-state index contributed by atoms with van der Waals surface area (Å²) in [5.74, 6) is 0.690. The van der Waals surface area contributed by atoms with Gasteiger partial charge < -0.3 is 9.84 Å². The van der Waals surface area contributed by atoms with Crippen LogP contribution in [0.1, 0.15) is 18.9 Å². The second kappa shape index (κ2) is 5.23. The normalized spacial score (nSPS) is 12.6. The maximum atomic E-state index is 9.14. The van der Waals surface area contributed by atoms with Crippen LogP contribution in [0.5, 0.6) is 5.75 Å². The van der Waals surface area contributed by atoms with Gasteiger partial charge in [-0.15, -0.1) is 0 Å². The highest BCUT2D eigenvalue weighted by molar-refractivity contribution is 6.32. The van der Waals surface area contributed by atoms with Crippen LogP contribution in [0.25, 0.3) is 0 Å². The van der Waals surface area contributed by atoms with Crippen LogP contribution in [-0.2, 0) is 6.42 Å². The molecule has 78 valence electrons. The van der Waals surface area contributed by atoms with Crippen LogP contribution in [0, 0.1) is 0 Å². The number of aryl methyl sites for hydroxylation is 1. The lowest BCUT2D eigenvalue weighted by molar-refractivity contribution is 0.185. The molecule has 1 aromatic carbocycles. The van der Waals surface area contributed by atoms with E-state index in [0.29, 0.717) is 10.8 Å². The number of methoxy groups -OCH3 is 1. The summed E-state index contributed by atoms with van der Waals surface area (Å²) in [6.45, 7) is 1.78. The molecule has 0 amide bonds. The van der Waals surface area contributed by atoms with Crippen molar-refractivity contribution in [3.8, 4) is 5.75 Å². The maximum Gasteiger partial charge on any atom is 0.137 e. The quantitative estimate of drug-likeness (QED) is 0.835. The van der Waals surface area contributed by atoms with Gasteiger partial charge in [-0.1, -0.05) is 17.7 Å². The van der Waals surface area contributed by atoms with Crippen LogP contribution in [-0.4, -0.2) is 18.3 Å². The van der Waals surface area contributed by atoms with Gasteiger partial charge in [0.15, 0.2) is 0 Å². The van der Waals surface area contributed by atoms with Gasteiger partial charge in [-0.2, -0.15) is 0 Å². The summed E-state index contributed by atoms with van der Waals surface area (Å²) in [7, 11) is 1.60. The molecule has 1 N–H and O–H groups in total. The average Bonchev–Trinajstić information content (AvgIpc) is 2.16. The van der Waals surface area contributed by atoms with Crippen LogP contribution < -0.4 is 4.74 Å². The zero-order valence-electron chi connectivity index (χ0n) is 8.46. The molecule has 0 aliphatic heterocycles. The molecule has 0 aliphatic carbocycles. The van der Waals surface area contributed by atoms with Crippen LogP contribution in [0.4, 0.5) is 0 Å². The third-order valence-electron chi connectivity index (χ3n) is 2.07. The third kappa shape index (κ3) is 3.20. The predicted molar refractivity (Wildman–Crippen MR) is 58.0 cm³/mol. The summed E-state index contributed by atoms with van der Waals surface area (Å²) in [6.07, 6.45) is 1.33. The first-order chi connectivity index (χ1) is 6.63. The number of aliphatic hydroxyl groups is 1. The Labute approximate surface area is 89.5 Å². The second-order valence-electron chi connectivity index (χ2n) is 3.36. The van der Waals surface area contributed by atoms with Crippen LogP contribution >= 0.6 is 11.6 Å². The van der Waals surface area contributed by atoms with E-state index >= 15 is 0 Å². The molecule has 3 heteroatoms. The smallest absolute Gasteiger partial charge is 0.137 e. The Balaban J connectivity index is 2.69. The molecule has 1 rings (SSSR count). The first kappa shape index (κ1) is 11.3. The van der Waals surface area contributed by atoms with Crippen molar-refractivity contribution in [3.63, 3.8) is 0 Å². The van der Waals surface area contributed by atoms with Gasteiger partial charge in [-0.05, 0) is 37.5 Å². The Morgan fingerprint density at radius 1 is 1.50 bits per heavy atom. The molecule has 0 radical (unpaired) electrons. The maximum absolute atomic E-state index is 9.14. The van der Waals surface area contributed by atoms with Crippen molar-refractivity contribution in [2.24, 2.45) is 0 Å². The Morgan fingerprint density at radius 3 is 2.79 bits per heavy atom. The number of aliphatic hydroxyl groups excluding tert-OH is 1. The first-order valence-electron chi connectivity index (χ1n) is 4.64. The Bertz CT molecular complexity index is 297. The van der Waals surface area contributed by atoms with E-state index in [1.54, 1.807) is 14.0 Å². The minimum absolute atomic E-state index is 0.267. The highest BCUT2D eigenvalue weighted by Crippen LogP contribution is 2.25. The topological polar surface area (TPSA) is 29.5 Å². The molecule has 1 unspecified atom stereocenters. The Morgan fingerprint density at radius 2 is 2.21 bits per heavy atom. The zero-order valence-corrected chi connectivity index (χ0v) is 9.21. The van der Waals surface area contributed by atoms with Crippen molar-refractivity contribution in [2.45, 2.75) is 25.9 Å². The minimum atomic E-state index is -0.267. The summed E-state index contributed by atoms with van der Waals surface area (Å²) >= 11 is 5.88. The van der Waals surface area contributed by atoms with Gasteiger partial charge in [0.1, 0.15) is 5.75 Å². The first-order valence-corrected chi connectivity index (χ1v) is 5.01. The van der Waals surface area contributed by atoms with Crippen LogP contribution in [0.15, 0.2) is 18.2 Å². The number of hydrogen-bond acceptors (Lipinski definition) is 2. The molecular weight excluding hydrogens is 200 g/mol.